The molecular weight excluding hydrogens is 180 g/mol. The zero-order valence-corrected chi connectivity index (χ0v) is 8.53. The number of aromatic hydroxyl groups is 1. The van der Waals surface area contributed by atoms with E-state index in [-0.39, 0.29) is 11.7 Å². The first-order valence-corrected chi connectivity index (χ1v) is 4.28. The number of rotatable bonds is 2. The van der Waals surface area contributed by atoms with Gasteiger partial charge in [-0.3, -0.25) is 10.2 Å². The summed E-state index contributed by atoms with van der Waals surface area (Å²) in [5, 5.41) is 10.9. The van der Waals surface area contributed by atoms with Gasteiger partial charge in [0.2, 0.25) is 0 Å². The van der Waals surface area contributed by atoms with Crippen molar-refractivity contribution in [3.05, 3.63) is 29.3 Å². The Morgan fingerprint density at radius 1 is 1.43 bits per heavy atom. The van der Waals surface area contributed by atoms with E-state index in [1.165, 1.54) is 6.07 Å². The highest BCUT2D eigenvalue weighted by Crippen LogP contribution is 2.17. The van der Waals surface area contributed by atoms with E-state index >= 15 is 0 Å². The molecule has 0 saturated carbocycles. The number of carbonyl (C=O) groups is 1. The van der Waals surface area contributed by atoms with Crippen molar-refractivity contribution in [3.8, 4) is 5.75 Å². The van der Waals surface area contributed by atoms with Gasteiger partial charge in [0.05, 0.1) is 0 Å². The lowest BCUT2D eigenvalue weighted by molar-refractivity contribution is 0.0856. The number of nitrogens with zero attached hydrogens (tertiary/aromatic N) is 1. The molecule has 0 heterocycles. The van der Waals surface area contributed by atoms with Crippen molar-refractivity contribution in [1.29, 1.82) is 0 Å². The van der Waals surface area contributed by atoms with Crippen LogP contribution in [0.2, 0.25) is 0 Å². The predicted molar refractivity (Wildman–Crippen MR) is 54.0 cm³/mol. The Bertz CT molecular complexity index is 348. The minimum Gasteiger partial charge on any atom is -0.508 e. The number of carbonyl (C=O) groups excluding carboxylic acids is 1. The van der Waals surface area contributed by atoms with E-state index in [1.807, 2.05) is 0 Å². The van der Waals surface area contributed by atoms with Crippen LogP contribution >= 0.6 is 0 Å². The molecule has 0 bridgehead atoms. The molecule has 1 aromatic carbocycles. The smallest absolute Gasteiger partial charge is 0.265 e. The van der Waals surface area contributed by atoms with Crippen molar-refractivity contribution in [1.82, 2.24) is 10.4 Å². The number of benzene rings is 1. The van der Waals surface area contributed by atoms with E-state index in [1.54, 1.807) is 38.2 Å². The van der Waals surface area contributed by atoms with Gasteiger partial charge in [-0.2, -0.15) is 0 Å². The van der Waals surface area contributed by atoms with Gasteiger partial charge < -0.3 is 5.11 Å². The van der Waals surface area contributed by atoms with Crippen molar-refractivity contribution in [2.75, 3.05) is 14.1 Å². The van der Waals surface area contributed by atoms with E-state index < -0.39 is 0 Å². The molecule has 0 aliphatic heterocycles. The largest absolute Gasteiger partial charge is 0.508 e. The third-order valence-corrected chi connectivity index (χ3v) is 1.80. The average molecular weight is 194 g/mol. The second-order valence-corrected chi connectivity index (χ2v) is 3.34. The van der Waals surface area contributed by atoms with E-state index in [9.17, 15) is 9.90 Å². The van der Waals surface area contributed by atoms with Crippen LogP contribution < -0.4 is 5.43 Å². The topological polar surface area (TPSA) is 52.6 Å². The summed E-state index contributed by atoms with van der Waals surface area (Å²) in [5.41, 5.74) is 3.79. The molecule has 0 radical (unpaired) electrons. The molecule has 0 fully saturated rings. The van der Waals surface area contributed by atoms with Crippen molar-refractivity contribution in [2.45, 2.75) is 6.92 Å². The van der Waals surface area contributed by atoms with Crippen molar-refractivity contribution in [2.24, 2.45) is 0 Å². The fourth-order valence-electron chi connectivity index (χ4n) is 1.02. The Morgan fingerprint density at radius 2 is 2.07 bits per heavy atom. The number of hydrogen-bond acceptors (Lipinski definition) is 3. The molecule has 4 heteroatoms. The molecule has 0 aliphatic rings. The van der Waals surface area contributed by atoms with E-state index in [0.717, 1.165) is 5.56 Å². The lowest BCUT2D eigenvalue weighted by Crippen LogP contribution is -2.36. The second kappa shape index (κ2) is 4.11. The summed E-state index contributed by atoms with van der Waals surface area (Å²) < 4.78 is 0. The highest BCUT2D eigenvalue weighted by atomic mass is 16.3. The third-order valence-electron chi connectivity index (χ3n) is 1.80. The van der Waals surface area contributed by atoms with Gasteiger partial charge in [-0.15, -0.1) is 0 Å². The fourth-order valence-corrected chi connectivity index (χ4v) is 1.02. The number of aryl methyl sites for hydroxylation is 1. The number of phenols is 1. The van der Waals surface area contributed by atoms with Crippen LogP contribution in [0.15, 0.2) is 18.2 Å². The van der Waals surface area contributed by atoms with Crippen LogP contribution in [0.5, 0.6) is 5.75 Å². The molecule has 0 spiro atoms. The van der Waals surface area contributed by atoms with E-state index in [4.69, 9.17) is 0 Å². The van der Waals surface area contributed by atoms with Crippen LogP contribution in [-0.2, 0) is 0 Å². The zero-order valence-electron chi connectivity index (χ0n) is 8.53. The molecule has 0 aromatic heterocycles. The van der Waals surface area contributed by atoms with Crippen LogP contribution in [0.25, 0.3) is 0 Å². The molecule has 1 amide bonds. The lowest BCUT2D eigenvalue weighted by atomic mass is 10.1. The Balaban J connectivity index is 2.86. The molecule has 0 saturated heterocycles. The van der Waals surface area contributed by atoms with Crippen LogP contribution in [0, 0.1) is 6.92 Å². The summed E-state index contributed by atoms with van der Waals surface area (Å²) in [6.45, 7) is 1.78. The molecular formula is C10H14N2O2. The average Bonchev–Trinajstić information content (AvgIpc) is 2.08. The van der Waals surface area contributed by atoms with Crippen molar-refractivity contribution < 1.29 is 9.90 Å². The maximum absolute atomic E-state index is 11.5. The minimum absolute atomic E-state index is 0.136. The minimum atomic E-state index is -0.231. The van der Waals surface area contributed by atoms with Gasteiger partial charge in [0.15, 0.2) is 0 Å². The highest BCUT2D eigenvalue weighted by molar-refractivity contribution is 5.94. The number of phenolic OH excluding ortho intramolecular Hbond substituents is 1. The Hall–Kier alpha value is -1.55. The van der Waals surface area contributed by atoms with Crippen LogP contribution in [0.1, 0.15) is 15.9 Å². The Morgan fingerprint density at radius 3 is 2.57 bits per heavy atom. The molecule has 76 valence electrons. The normalized spacial score (nSPS) is 10.3. The molecule has 0 atom stereocenters. The maximum Gasteiger partial charge on any atom is 0.265 e. The van der Waals surface area contributed by atoms with Gasteiger partial charge in [0.1, 0.15) is 5.75 Å². The van der Waals surface area contributed by atoms with Gasteiger partial charge in [-0.05, 0) is 24.6 Å². The van der Waals surface area contributed by atoms with E-state index in [2.05, 4.69) is 5.43 Å². The summed E-state index contributed by atoms with van der Waals surface area (Å²) in [4.78, 5) is 11.5. The Labute approximate surface area is 83.1 Å². The first-order chi connectivity index (χ1) is 6.50. The van der Waals surface area contributed by atoms with Crippen molar-refractivity contribution >= 4 is 5.91 Å². The first-order valence-electron chi connectivity index (χ1n) is 4.28. The SMILES string of the molecule is Cc1ccc(C(=O)NN(C)C)cc1O. The molecule has 0 aliphatic carbocycles. The van der Waals surface area contributed by atoms with Gasteiger partial charge >= 0.3 is 0 Å². The van der Waals surface area contributed by atoms with Gasteiger partial charge in [0, 0.05) is 19.7 Å². The molecule has 2 N–H and O–H groups in total. The lowest BCUT2D eigenvalue weighted by Gasteiger charge is -2.12. The molecule has 1 rings (SSSR count). The number of nitrogens with one attached hydrogen (secondary N) is 1. The number of amides is 1. The second-order valence-electron chi connectivity index (χ2n) is 3.34. The first kappa shape index (κ1) is 10.5. The fraction of sp³-hybridized carbons (Fsp3) is 0.300. The molecule has 14 heavy (non-hydrogen) atoms. The molecule has 0 unspecified atom stereocenters. The Kier molecular flexibility index (Phi) is 3.09. The van der Waals surface area contributed by atoms with Crippen LogP contribution in [0.4, 0.5) is 0 Å². The van der Waals surface area contributed by atoms with Crippen LogP contribution in [0.3, 0.4) is 0 Å². The zero-order chi connectivity index (χ0) is 10.7. The number of hydrogen-bond donors (Lipinski definition) is 2. The predicted octanol–water partition coefficient (Wildman–Crippen LogP) is 0.907. The summed E-state index contributed by atoms with van der Waals surface area (Å²) in [6.07, 6.45) is 0. The quantitative estimate of drug-likeness (QED) is 0.688. The molecule has 1 aromatic rings. The van der Waals surface area contributed by atoms with Gasteiger partial charge in [-0.1, -0.05) is 6.07 Å². The van der Waals surface area contributed by atoms with Crippen LogP contribution in [-0.4, -0.2) is 30.1 Å². The maximum atomic E-state index is 11.5. The third kappa shape index (κ3) is 2.47. The monoisotopic (exact) mass is 194 g/mol. The van der Waals surface area contributed by atoms with Crippen molar-refractivity contribution in [3.63, 3.8) is 0 Å². The van der Waals surface area contributed by atoms with Gasteiger partial charge in [0.25, 0.3) is 5.91 Å². The standard InChI is InChI=1S/C10H14N2O2/c1-7-4-5-8(6-9(7)13)10(14)11-12(2)3/h4-6,13H,1-3H3,(H,11,14). The molecule has 4 nitrogen and oxygen atoms in total. The number of hydrazine groups is 1. The summed E-state index contributed by atoms with van der Waals surface area (Å²) in [7, 11) is 3.46. The summed E-state index contributed by atoms with van der Waals surface area (Å²) in [5.74, 6) is -0.0956. The summed E-state index contributed by atoms with van der Waals surface area (Å²) >= 11 is 0. The van der Waals surface area contributed by atoms with Gasteiger partial charge in [-0.25, -0.2) is 5.01 Å². The van der Waals surface area contributed by atoms with E-state index in [0.29, 0.717) is 5.56 Å². The highest BCUT2D eigenvalue weighted by Gasteiger charge is 2.07. The summed E-state index contributed by atoms with van der Waals surface area (Å²) in [6, 6.07) is 4.84.